The number of carbonyl (C=O) groups is 1. The molecule has 0 atom stereocenters. The summed E-state index contributed by atoms with van der Waals surface area (Å²) in [7, 11) is 1.40. The standard InChI is InChI=1S/C23H30O4/c1-14-10-18(11-15(2)21(14)25)23(5,9-7-8-20(24)27-6)19-12-16(3)22(26)17(4)13-19/h10-13,25-26H,7-9H2,1-6H3. The molecule has 0 saturated carbocycles. The van der Waals surface area contributed by atoms with Crippen LogP contribution < -0.4 is 0 Å². The molecule has 0 bridgehead atoms. The van der Waals surface area contributed by atoms with Crippen LogP contribution in [0.2, 0.25) is 0 Å². The first kappa shape index (κ1) is 20.8. The van der Waals surface area contributed by atoms with Crippen molar-refractivity contribution in [3.63, 3.8) is 0 Å². The highest BCUT2D eigenvalue weighted by Crippen LogP contribution is 2.41. The van der Waals surface area contributed by atoms with Gasteiger partial charge in [0.2, 0.25) is 0 Å². The lowest BCUT2D eigenvalue weighted by atomic mass is 9.71. The molecule has 0 aliphatic rings. The second kappa shape index (κ2) is 8.03. The Kier molecular flexibility index (Phi) is 6.19. The van der Waals surface area contributed by atoms with Gasteiger partial charge in [0.15, 0.2) is 0 Å². The van der Waals surface area contributed by atoms with E-state index in [-0.39, 0.29) is 11.4 Å². The van der Waals surface area contributed by atoms with E-state index in [4.69, 9.17) is 4.74 Å². The number of rotatable bonds is 6. The summed E-state index contributed by atoms with van der Waals surface area (Å²) in [6, 6.07) is 8.05. The largest absolute Gasteiger partial charge is 0.507 e. The Morgan fingerprint density at radius 3 is 1.59 bits per heavy atom. The summed E-state index contributed by atoms with van der Waals surface area (Å²) in [5.74, 6) is 0.413. The molecule has 0 spiro atoms. The summed E-state index contributed by atoms with van der Waals surface area (Å²) in [6.45, 7) is 9.74. The third kappa shape index (κ3) is 4.26. The van der Waals surface area contributed by atoms with Crippen molar-refractivity contribution in [1.82, 2.24) is 0 Å². The molecule has 4 heteroatoms. The minimum atomic E-state index is -0.361. The highest BCUT2D eigenvalue weighted by atomic mass is 16.5. The molecule has 0 amide bonds. The maximum absolute atomic E-state index is 11.6. The summed E-state index contributed by atoms with van der Waals surface area (Å²) >= 11 is 0. The third-order valence-electron chi connectivity index (χ3n) is 5.54. The monoisotopic (exact) mass is 370 g/mol. The Balaban J connectivity index is 2.56. The maximum atomic E-state index is 11.6. The van der Waals surface area contributed by atoms with E-state index in [0.717, 1.165) is 39.8 Å². The number of phenolic OH excluding ortho intramolecular Hbond substituents is 2. The number of hydrogen-bond donors (Lipinski definition) is 2. The zero-order valence-corrected chi connectivity index (χ0v) is 17.1. The number of hydrogen-bond acceptors (Lipinski definition) is 4. The van der Waals surface area contributed by atoms with Gasteiger partial charge in [-0.15, -0.1) is 0 Å². The van der Waals surface area contributed by atoms with Crippen LogP contribution in [0.4, 0.5) is 0 Å². The molecule has 2 rings (SSSR count). The van der Waals surface area contributed by atoms with Crippen LogP contribution in [0.3, 0.4) is 0 Å². The van der Waals surface area contributed by atoms with Crippen molar-refractivity contribution in [3.05, 3.63) is 57.6 Å². The molecule has 2 N–H and O–H groups in total. The number of aryl methyl sites for hydroxylation is 4. The fourth-order valence-corrected chi connectivity index (χ4v) is 3.69. The minimum absolute atomic E-state index is 0.214. The second-order valence-corrected chi connectivity index (χ2v) is 7.68. The lowest BCUT2D eigenvalue weighted by molar-refractivity contribution is -0.140. The Hall–Kier alpha value is -2.49. The summed E-state index contributed by atoms with van der Waals surface area (Å²) in [5, 5.41) is 20.4. The lowest BCUT2D eigenvalue weighted by Crippen LogP contribution is -2.25. The quantitative estimate of drug-likeness (QED) is 0.704. The molecule has 2 aromatic carbocycles. The van der Waals surface area contributed by atoms with Crippen LogP contribution in [-0.2, 0) is 14.9 Å². The van der Waals surface area contributed by atoms with Crippen LogP contribution in [-0.4, -0.2) is 23.3 Å². The third-order valence-corrected chi connectivity index (χ3v) is 5.54. The van der Waals surface area contributed by atoms with Gasteiger partial charge in [0.1, 0.15) is 11.5 Å². The highest BCUT2D eigenvalue weighted by molar-refractivity contribution is 5.69. The van der Waals surface area contributed by atoms with Gasteiger partial charge in [-0.25, -0.2) is 0 Å². The van der Waals surface area contributed by atoms with E-state index in [1.807, 2.05) is 52.0 Å². The molecule has 2 aromatic rings. The van der Waals surface area contributed by atoms with Crippen molar-refractivity contribution < 1.29 is 19.7 Å². The number of esters is 1. The van der Waals surface area contributed by atoms with Crippen LogP contribution in [0.1, 0.15) is 59.6 Å². The lowest BCUT2D eigenvalue weighted by Gasteiger charge is -2.33. The summed E-state index contributed by atoms with van der Waals surface area (Å²) < 4.78 is 4.78. The maximum Gasteiger partial charge on any atom is 0.305 e. The number of aromatic hydroxyl groups is 2. The predicted molar refractivity (Wildman–Crippen MR) is 107 cm³/mol. The van der Waals surface area contributed by atoms with Gasteiger partial charge in [-0.1, -0.05) is 31.2 Å². The SMILES string of the molecule is COC(=O)CCCC(C)(c1cc(C)c(O)c(C)c1)c1cc(C)c(O)c(C)c1. The van der Waals surface area contributed by atoms with Crippen molar-refractivity contribution >= 4 is 5.97 Å². The van der Waals surface area contributed by atoms with Gasteiger partial charge in [0, 0.05) is 11.8 Å². The van der Waals surface area contributed by atoms with Gasteiger partial charge in [-0.2, -0.15) is 0 Å². The second-order valence-electron chi connectivity index (χ2n) is 7.68. The number of phenols is 2. The van der Waals surface area contributed by atoms with E-state index < -0.39 is 0 Å². The molecular weight excluding hydrogens is 340 g/mol. The normalized spacial score (nSPS) is 11.5. The number of ether oxygens (including phenoxy) is 1. The molecule has 0 aliphatic carbocycles. The van der Waals surface area contributed by atoms with Gasteiger partial charge >= 0.3 is 5.97 Å². The fourth-order valence-electron chi connectivity index (χ4n) is 3.69. The first-order chi connectivity index (χ1) is 12.6. The molecule has 0 radical (unpaired) electrons. The van der Waals surface area contributed by atoms with Crippen LogP contribution in [0.15, 0.2) is 24.3 Å². The average Bonchev–Trinajstić information content (AvgIpc) is 2.62. The van der Waals surface area contributed by atoms with Crippen molar-refractivity contribution in [1.29, 1.82) is 0 Å². The van der Waals surface area contributed by atoms with Crippen LogP contribution in [0.25, 0.3) is 0 Å². The Labute approximate surface area is 161 Å². The minimum Gasteiger partial charge on any atom is -0.507 e. The van der Waals surface area contributed by atoms with E-state index in [1.54, 1.807) is 0 Å². The average molecular weight is 370 g/mol. The summed E-state index contributed by atoms with van der Waals surface area (Å²) in [6.07, 6.45) is 1.79. The molecule has 0 fully saturated rings. The van der Waals surface area contributed by atoms with Gasteiger partial charge in [0.05, 0.1) is 7.11 Å². The summed E-state index contributed by atoms with van der Waals surface area (Å²) in [5.41, 5.74) is 5.13. The molecule has 0 heterocycles. The van der Waals surface area contributed by atoms with E-state index in [2.05, 4.69) is 6.92 Å². The Morgan fingerprint density at radius 1 is 0.889 bits per heavy atom. The summed E-state index contributed by atoms with van der Waals surface area (Å²) in [4.78, 5) is 11.6. The fraction of sp³-hybridized carbons (Fsp3) is 0.435. The van der Waals surface area contributed by atoms with Crippen LogP contribution >= 0.6 is 0 Å². The van der Waals surface area contributed by atoms with Gasteiger partial charge in [0.25, 0.3) is 0 Å². The molecule has 27 heavy (non-hydrogen) atoms. The first-order valence-electron chi connectivity index (χ1n) is 9.28. The van der Waals surface area contributed by atoms with Crippen molar-refractivity contribution in [2.45, 2.75) is 59.3 Å². The van der Waals surface area contributed by atoms with Crippen molar-refractivity contribution in [3.8, 4) is 11.5 Å². The predicted octanol–water partition coefficient (Wildman–Crippen LogP) is 4.98. The molecule has 146 valence electrons. The highest BCUT2D eigenvalue weighted by Gasteiger charge is 2.31. The van der Waals surface area contributed by atoms with Gasteiger partial charge < -0.3 is 14.9 Å². The molecule has 0 unspecified atom stereocenters. The van der Waals surface area contributed by atoms with E-state index in [1.165, 1.54) is 7.11 Å². The van der Waals surface area contributed by atoms with Crippen LogP contribution in [0, 0.1) is 27.7 Å². The van der Waals surface area contributed by atoms with Gasteiger partial charge in [-0.05, 0) is 73.9 Å². The Bertz CT molecular complexity index is 748. The topological polar surface area (TPSA) is 66.8 Å². The molecular formula is C23H30O4. The van der Waals surface area contributed by atoms with E-state index in [0.29, 0.717) is 24.3 Å². The number of benzene rings is 2. The van der Waals surface area contributed by atoms with Crippen LogP contribution in [0.5, 0.6) is 11.5 Å². The number of methoxy groups -OCH3 is 1. The van der Waals surface area contributed by atoms with Crippen molar-refractivity contribution in [2.24, 2.45) is 0 Å². The molecule has 0 aromatic heterocycles. The first-order valence-corrected chi connectivity index (χ1v) is 9.28. The van der Waals surface area contributed by atoms with E-state index >= 15 is 0 Å². The molecule has 0 saturated heterocycles. The molecule has 4 nitrogen and oxygen atoms in total. The van der Waals surface area contributed by atoms with Crippen molar-refractivity contribution in [2.75, 3.05) is 7.11 Å². The van der Waals surface area contributed by atoms with E-state index in [9.17, 15) is 15.0 Å². The Morgan fingerprint density at radius 2 is 1.26 bits per heavy atom. The molecule has 0 aliphatic heterocycles. The number of carbonyl (C=O) groups excluding carboxylic acids is 1. The zero-order chi connectivity index (χ0) is 20.4. The smallest absolute Gasteiger partial charge is 0.305 e. The zero-order valence-electron chi connectivity index (χ0n) is 17.1. The van der Waals surface area contributed by atoms with Gasteiger partial charge in [-0.3, -0.25) is 4.79 Å².